The zero-order valence-electron chi connectivity index (χ0n) is 16.4. The van der Waals surface area contributed by atoms with E-state index < -0.39 is 5.91 Å². The number of ether oxygens (including phenoxy) is 1. The Balaban J connectivity index is 1.98. The Morgan fingerprint density at radius 2 is 1.97 bits per heavy atom. The normalized spacial score (nSPS) is 12.6. The Labute approximate surface area is 172 Å². The summed E-state index contributed by atoms with van der Waals surface area (Å²) in [6.07, 6.45) is 3.01. The number of rotatable bonds is 8. The summed E-state index contributed by atoms with van der Waals surface area (Å²) in [7, 11) is 2.73. The van der Waals surface area contributed by atoms with Gasteiger partial charge in [-0.3, -0.25) is 30.5 Å². The van der Waals surface area contributed by atoms with E-state index in [-0.39, 0.29) is 34.8 Å². The van der Waals surface area contributed by atoms with Crippen LogP contribution in [-0.4, -0.2) is 42.1 Å². The second-order valence-corrected chi connectivity index (χ2v) is 6.51. The molecule has 0 aliphatic heterocycles. The summed E-state index contributed by atoms with van der Waals surface area (Å²) in [6, 6.07) is 6.43. The summed E-state index contributed by atoms with van der Waals surface area (Å²) >= 11 is 0. The van der Waals surface area contributed by atoms with Crippen molar-refractivity contribution in [2.45, 2.75) is 12.8 Å². The number of carbonyl (C=O) groups excluding carboxylic acids is 2. The molecule has 0 bridgehead atoms. The van der Waals surface area contributed by atoms with Crippen molar-refractivity contribution in [3.05, 3.63) is 41.6 Å². The lowest BCUT2D eigenvalue weighted by Crippen LogP contribution is -2.23. The van der Waals surface area contributed by atoms with Crippen molar-refractivity contribution in [2.24, 2.45) is 5.92 Å². The minimum atomic E-state index is -0.549. The van der Waals surface area contributed by atoms with Crippen LogP contribution in [0.2, 0.25) is 0 Å². The van der Waals surface area contributed by atoms with E-state index in [0.717, 1.165) is 12.8 Å². The fraction of sp³-hybridized carbons (Fsp3) is 0.263. The number of hydroxylamine groups is 2. The molecular weight excluding hydrogens is 392 g/mol. The van der Waals surface area contributed by atoms with E-state index in [2.05, 4.69) is 21.1 Å². The molecule has 11 nitrogen and oxygen atoms in total. The van der Waals surface area contributed by atoms with Crippen molar-refractivity contribution in [1.82, 2.24) is 15.9 Å². The molecule has 2 amide bonds. The maximum Gasteiger partial charge on any atom is 0.278 e. The first kappa shape index (κ1) is 21.0. The topological polar surface area (TPSA) is 158 Å². The van der Waals surface area contributed by atoms with Crippen molar-refractivity contribution < 1.29 is 24.4 Å². The van der Waals surface area contributed by atoms with Gasteiger partial charge in [0.1, 0.15) is 5.82 Å². The molecule has 0 saturated heterocycles. The number of carbonyl (C=O) groups is 2. The molecule has 158 valence electrons. The van der Waals surface area contributed by atoms with Gasteiger partial charge in [0.15, 0.2) is 11.6 Å². The van der Waals surface area contributed by atoms with E-state index in [1.165, 1.54) is 26.5 Å². The number of methoxy groups -OCH3 is 1. The SMILES string of the molecule is CONC(=O)c1cnc(NC(=O)C2CC2)cc1Nc1cccc(C(=N)NO)c1OC. The van der Waals surface area contributed by atoms with Gasteiger partial charge in [0, 0.05) is 18.2 Å². The lowest BCUT2D eigenvalue weighted by atomic mass is 10.1. The quantitative estimate of drug-likeness (QED) is 0.217. The predicted molar refractivity (Wildman–Crippen MR) is 108 cm³/mol. The van der Waals surface area contributed by atoms with Crippen LogP contribution in [0.4, 0.5) is 17.2 Å². The summed E-state index contributed by atoms with van der Waals surface area (Å²) < 4.78 is 5.39. The fourth-order valence-corrected chi connectivity index (χ4v) is 2.79. The van der Waals surface area contributed by atoms with Gasteiger partial charge in [0.05, 0.1) is 36.7 Å². The third-order valence-electron chi connectivity index (χ3n) is 4.41. The van der Waals surface area contributed by atoms with Gasteiger partial charge in [0.25, 0.3) is 5.91 Å². The highest BCUT2D eigenvalue weighted by Crippen LogP contribution is 2.34. The van der Waals surface area contributed by atoms with E-state index in [1.54, 1.807) is 23.7 Å². The number of anilines is 3. The molecule has 0 spiro atoms. The Kier molecular flexibility index (Phi) is 6.45. The largest absolute Gasteiger partial charge is 0.494 e. The van der Waals surface area contributed by atoms with Crippen molar-refractivity contribution in [3.8, 4) is 5.75 Å². The summed E-state index contributed by atoms with van der Waals surface area (Å²) in [5, 5.41) is 22.7. The van der Waals surface area contributed by atoms with Crippen LogP contribution >= 0.6 is 0 Å². The maximum absolute atomic E-state index is 12.4. The Hall–Kier alpha value is -3.70. The molecule has 3 rings (SSSR count). The first-order valence-corrected chi connectivity index (χ1v) is 9.05. The summed E-state index contributed by atoms with van der Waals surface area (Å²) in [6.45, 7) is 0. The molecule has 6 N–H and O–H groups in total. The number of aromatic nitrogens is 1. The van der Waals surface area contributed by atoms with Crippen LogP contribution in [0.25, 0.3) is 0 Å². The molecule has 1 saturated carbocycles. The molecule has 1 aromatic carbocycles. The number of nitrogens with one attached hydrogen (secondary N) is 5. The van der Waals surface area contributed by atoms with Gasteiger partial charge in [-0.05, 0) is 25.0 Å². The van der Waals surface area contributed by atoms with Gasteiger partial charge >= 0.3 is 0 Å². The Morgan fingerprint density at radius 1 is 1.20 bits per heavy atom. The van der Waals surface area contributed by atoms with Crippen LogP contribution < -0.4 is 26.3 Å². The minimum Gasteiger partial charge on any atom is -0.494 e. The smallest absolute Gasteiger partial charge is 0.278 e. The molecule has 0 radical (unpaired) electrons. The van der Waals surface area contributed by atoms with E-state index in [0.29, 0.717) is 16.9 Å². The maximum atomic E-state index is 12.4. The number of benzene rings is 1. The van der Waals surface area contributed by atoms with Crippen LogP contribution in [0.15, 0.2) is 30.5 Å². The van der Waals surface area contributed by atoms with Gasteiger partial charge in [-0.15, -0.1) is 0 Å². The highest BCUT2D eigenvalue weighted by Gasteiger charge is 2.30. The molecule has 1 fully saturated rings. The van der Waals surface area contributed by atoms with E-state index in [4.69, 9.17) is 20.2 Å². The van der Waals surface area contributed by atoms with Crippen molar-refractivity contribution in [1.29, 1.82) is 5.41 Å². The van der Waals surface area contributed by atoms with E-state index in [9.17, 15) is 9.59 Å². The van der Waals surface area contributed by atoms with Crippen LogP contribution in [0.1, 0.15) is 28.8 Å². The van der Waals surface area contributed by atoms with Gasteiger partial charge in [0.2, 0.25) is 5.91 Å². The molecule has 2 aromatic rings. The molecule has 0 atom stereocenters. The first-order valence-electron chi connectivity index (χ1n) is 9.05. The second kappa shape index (κ2) is 9.20. The van der Waals surface area contributed by atoms with Crippen LogP contribution in [0.5, 0.6) is 5.75 Å². The van der Waals surface area contributed by atoms with Crippen molar-refractivity contribution in [3.63, 3.8) is 0 Å². The Bertz CT molecular complexity index is 976. The molecule has 0 unspecified atom stereocenters. The summed E-state index contributed by atoms with van der Waals surface area (Å²) in [4.78, 5) is 33.3. The van der Waals surface area contributed by atoms with Crippen LogP contribution in [-0.2, 0) is 9.63 Å². The summed E-state index contributed by atoms with van der Waals surface area (Å²) in [5.74, 6) is -0.392. The summed E-state index contributed by atoms with van der Waals surface area (Å²) in [5.41, 5.74) is 5.21. The zero-order chi connectivity index (χ0) is 21.7. The fourth-order valence-electron chi connectivity index (χ4n) is 2.79. The monoisotopic (exact) mass is 414 g/mol. The van der Waals surface area contributed by atoms with Gasteiger partial charge < -0.3 is 15.4 Å². The Morgan fingerprint density at radius 3 is 2.60 bits per heavy atom. The van der Waals surface area contributed by atoms with Gasteiger partial charge in [-0.25, -0.2) is 10.5 Å². The van der Waals surface area contributed by atoms with Gasteiger partial charge in [-0.2, -0.15) is 0 Å². The molecule has 1 aliphatic rings. The average molecular weight is 414 g/mol. The number of hydrogen-bond acceptors (Lipinski definition) is 8. The number of hydrogen-bond donors (Lipinski definition) is 6. The zero-order valence-corrected chi connectivity index (χ0v) is 16.4. The molecule has 1 heterocycles. The number of amides is 2. The molecular formula is C19H22N6O5. The lowest BCUT2D eigenvalue weighted by molar-refractivity contribution is -0.117. The lowest BCUT2D eigenvalue weighted by Gasteiger charge is -2.17. The molecule has 30 heavy (non-hydrogen) atoms. The number of amidine groups is 1. The minimum absolute atomic E-state index is 0.00607. The predicted octanol–water partition coefficient (Wildman–Crippen LogP) is 1.78. The molecule has 11 heteroatoms. The second-order valence-electron chi connectivity index (χ2n) is 6.51. The number of pyridine rings is 1. The first-order chi connectivity index (χ1) is 14.5. The molecule has 1 aliphatic carbocycles. The average Bonchev–Trinajstić information content (AvgIpc) is 3.59. The third-order valence-corrected chi connectivity index (χ3v) is 4.41. The van der Waals surface area contributed by atoms with Crippen molar-refractivity contribution in [2.75, 3.05) is 24.9 Å². The number of nitrogens with zero attached hydrogens (tertiary/aromatic N) is 1. The van der Waals surface area contributed by atoms with E-state index >= 15 is 0 Å². The van der Waals surface area contributed by atoms with Crippen molar-refractivity contribution >= 4 is 34.8 Å². The van der Waals surface area contributed by atoms with Crippen LogP contribution in [0, 0.1) is 11.3 Å². The highest BCUT2D eigenvalue weighted by atomic mass is 16.6. The third kappa shape index (κ3) is 4.64. The highest BCUT2D eigenvalue weighted by molar-refractivity contribution is 6.03. The standard InChI is InChI=1S/C19H22N6O5/c1-29-16-11(17(20)24-28)4-3-5-13(16)22-14-8-15(23-18(26)10-6-7-10)21-9-12(14)19(27)25-30-2/h3-5,8-10,28H,6-7H2,1-2H3,(H2,20,24)(H,25,27)(H2,21,22,23,26). The van der Waals surface area contributed by atoms with Gasteiger partial charge in [-0.1, -0.05) is 6.07 Å². The molecule has 1 aromatic heterocycles. The number of para-hydroxylation sites is 1. The van der Waals surface area contributed by atoms with E-state index in [1.807, 2.05) is 0 Å². The van der Waals surface area contributed by atoms with Crippen LogP contribution in [0.3, 0.4) is 0 Å².